The van der Waals surface area contributed by atoms with Crippen molar-refractivity contribution in [3.05, 3.63) is 170 Å². The molecule has 0 amide bonds. The molecule has 102 heavy (non-hydrogen) atoms. The van der Waals surface area contributed by atoms with Gasteiger partial charge in [0, 0.05) is 19.3 Å². The topological polar surface area (TPSA) is 237 Å². The van der Waals surface area contributed by atoms with Crippen molar-refractivity contribution in [1.82, 2.24) is 0 Å². The lowest BCUT2D eigenvalue weighted by molar-refractivity contribution is -0.161. The van der Waals surface area contributed by atoms with Gasteiger partial charge in [-0.25, -0.2) is 9.13 Å². The molecule has 0 aliphatic carbocycles. The summed E-state index contributed by atoms with van der Waals surface area (Å²) in [4.78, 5) is 72.8. The van der Waals surface area contributed by atoms with Crippen molar-refractivity contribution < 1.29 is 80.2 Å². The van der Waals surface area contributed by atoms with E-state index in [1.807, 2.05) is 18.2 Å². The molecule has 0 radical (unpaired) electrons. The Morgan fingerprint density at radius 2 is 0.549 bits per heavy atom. The predicted molar refractivity (Wildman–Crippen MR) is 417 cm³/mol. The molecule has 0 aromatic rings. The SMILES string of the molecule is CC/C=C\C/C=C\C/C=C\C/C=C\C/C=C\CCCCCC(=O)OCC(COP(=O)(O)OCC(O)COP(=O)(O)OCC(COC(=O)C/C=C\C/C=C\C/C=C\C/C=C\C/C=C\CC)OC(=O)CCCCCCCCCCCCCCC)OC(=O)CCCC/C=C\C/C=C\C/C=C\C/C=C\CC. The van der Waals surface area contributed by atoms with Crippen molar-refractivity contribution in [2.24, 2.45) is 0 Å². The molecule has 17 nitrogen and oxygen atoms in total. The van der Waals surface area contributed by atoms with Gasteiger partial charge in [0.25, 0.3) is 0 Å². The second-order valence-electron chi connectivity index (χ2n) is 24.8. The third kappa shape index (κ3) is 72.8. The molecule has 0 aliphatic rings. The van der Waals surface area contributed by atoms with Gasteiger partial charge in [0.05, 0.1) is 32.8 Å². The monoisotopic (exact) mass is 1460 g/mol. The standard InChI is InChI=1S/C83H134O17P2/c1-5-9-13-17-21-25-29-33-36-37-38-39-42-45-48-52-56-60-64-68-81(86)94-74-79(100-83(88)70-66-62-58-54-50-46-41-35-31-27-23-19-15-11-7-3)76-98-102(91,92)96-72-77(84)71-95-101(89,90)97-75-78(99-82(87)69-65-61-57-53-49-43-32-28-24-20-16-12-8-4)73-93-80(85)67-63-59-55-51-47-44-40-34-30-26-22-18-14-10-6-2/h9-11,13-15,21-23,25-27,33-36,38-41,45,47-48,50-51,54,59,63,77-79,84H,5-8,12,16-20,24,28-32,37,42-44,46,49,52-53,55-58,60-62,64-76H2,1-4H3,(H,89,90)(H,91,92)/b13-9-,14-10-,15-11-,25-21-,26-22-,27-23-,36-33-,39-38-,40-34-,41-35-,48-45-,51-47-,54-50-,63-59-. The Hall–Kier alpha value is -5.58. The molecular weight excluding hydrogens is 1330 g/mol. The van der Waals surface area contributed by atoms with Crippen LogP contribution in [0, 0.1) is 0 Å². The van der Waals surface area contributed by atoms with Crippen LogP contribution < -0.4 is 0 Å². The average Bonchev–Trinajstić information content (AvgIpc) is 0.924. The Kier molecular flexibility index (Phi) is 69.7. The number of carbonyl (C=O) groups is 4. The van der Waals surface area contributed by atoms with Crippen molar-refractivity contribution in [1.29, 1.82) is 0 Å². The van der Waals surface area contributed by atoms with Crippen LogP contribution in [0.1, 0.15) is 272 Å². The Bertz CT molecular complexity index is 2600. The van der Waals surface area contributed by atoms with E-state index in [0.717, 1.165) is 135 Å². The summed E-state index contributed by atoms with van der Waals surface area (Å²) in [6.45, 7) is 4.30. The highest BCUT2D eigenvalue weighted by Gasteiger charge is 2.30. The highest BCUT2D eigenvalue weighted by Crippen LogP contribution is 2.45. The fraction of sp³-hybridized carbons (Fsp3) is 0.614. The minimum atomic E-state index is -5.01. The van der Waals surface area contributed by atoms with Crippen LogP contribution in [0.4, 0.5) is 0 Å². The van der Waals surface area contributed by atoms with E-state index in [9.17, 15) is 43.2 Å². The number of phosphoric acid groups is 2. The molecule has 5 atom stereocenters. The van der Waals surface area contributed by atoms with Gasteiger partial charge in [0.2, 0.25) is 0 Å². The number of hydrogen-bond acceptors (Lipinski definition) is 15. The van der Waals surface area contributed by atoms with Crippen LogP contribution in [-0.4, -0.2) is 96.7 Å². The average molecular weight is 1470 g/mol. The van der Waals surface area contributed by atoms with Gasteiger partial charge >= 0.3 is 39.5 Å². The molecule has 0 aromatic carbocycles. The summed E-state index contributed by atoms with van der Waals surface area (Å²) in [6, 6.07) is 0. The number of aliphatic hydroxyl groups is 1. The van der Waals surface area contributed by atoms with Gasteiger partial charge in [0.1, 0.15) is 19.3 Å². The lowest BCUT2D eigenvalue weighted by Gasteiger charge is -2.21. The van der Waals surface area contributed by atoms with Crippen LogP contribution in [-0.2, 0) is 65.4 Å². The predicted octanol–water partition coefficient (Wildman–Crippen LogP) is 22.2. The van der Waals surface area contributed by atoms with Crippen LogP contribution in [0.3, 0.4) is 0 Å². The third-order valence-electron chi connectivity index (χ3n) is 15.2. The number of allylic oxidation sites excluding steroid dienone is 27. The maximum absolute atomic E-state index is 13.1. The Labute approximate surface area is 616 Å². The quantitative estimate of drug-likeness (QED) is 0.0169. The summed E-state index contributed by atoms with van der Waals surface area (Å²) in [5.41, 5.74) is 0. The van der Waals surface area contributed by atoms with Crippen molar-refractivity contribution in [2.75, 3.05) is 39.6 Å². The van der Waals surface area contributed by atoms with E-state index in [4.69, 9.17) is 37.0 Å². The lowest BCUT2D eigenvalue weighted by Crippen LogP contribution is -2.30. The van der Waals surface area contributed by atoms with Gasteiger partial charge < -0.3 is 33.8 Å². The van der Waals surface area contributed by atoms with Crippen LogP contribution >= 0.6 is 15.6 Å². The minimum Gasteiger partial charge on any atom is -0.462 e. The molecule has 0 aromatic heterocycles. The first-order chi connectivity index (χ1) is 49.7. The van der Waals surface area contributed by atoms with E-state index >= 15 is 0 Å². The Morgan fingerprint density at radius 1 is 0.294 bits per heavy atom. The maximum Gasteiger partial charge on any atom is 0.472 e. The number of rotatable bonds is 70. The number of unbranched alkanes of at least 4 members (excludes halogenated alkanes) is 17. The lowest BCUT2D eigenvalue weighted by atomic mass is 10.0. The van der Waals surface area contributed by atoms with Crippen LogP contribution in [0.25, 0.3) is 0 Å². The summed E-state index contributed by atoms with van der Waals surface area (Å²) in [5, 5.41) is 10.6. The first kappa shape index (κ1) is 96.4. The van der Waals surface area contributed by atoms with Crippen molar-refractivity contribution in [3.8, 4) is 0 Å². The number of carbonyl (C=O) groups excluding carboxylic acids is 4. The van der Waals surface area contributed by atoms with Crippen LogP contribution in [0.5, 0.6) is 0 Å². The molecule has 3 N–H and O–H groups in total. The number of ether oxygens (including phenoxy) is 4. The normalized spacial score (nSPS) is 14.9. The van der Waals surface area contributed by atoms with Crippen LogP contribution in [0.15, 0.2) is 170 Å². The molecule has 0 bridgehead atoms. The van der Waals surface area contributed by atoms with Gasteiger partial charge in [-0.1, -0.05) is 281 Å². The Morgan fingerprint density at radius 3 is 0.892 bits per heavy atom. The van der Waals surface area contributed by atoms with E-state index in [1.54, 1.807) is 6.08 Å². The molecule has 5 unspecified atom stereocenters. The first-order valence-electron chi connectivity index (χ1n) is 38.4. The molecule has 0 rings (SSSR count). The third-order valence-corrected chi connectivity index (χ3v) is 17.1. The van der Waals surface area contributed by atoms with Gasteiger partial charge in [-0.15, -0.1) is 0 Å². The zero-order chi connectivity index (χ0) is 74.6. The maximum atomic E-state index is 13.1. The number of esters is 4. The summed E-state index contributed by atoms with van der Waals surface area (Å²) in [6.07, 6.45) is 86.7. The second-order valence-corrected chi connectivity index (χ2v) is 27.7. The molecule has 0 saturated heterocycles. The van der Waals surface area contributed by atoms with Gasteiger partial charge in [0.15, 0.2) is 12.2 Å². The molecule has 0 aliphatic heterocycles. The first-order valence-corrected chi connectivity index (χ1v) is 41.4. The van der Waals surface area contributed by atoms with E-state index in [0.29, 0.717) is 32.1 Å². The molecular formula is C83H134O17P2. The highest BCUT2D eigenvalue weighted by atomic mass is 31.2. The Balaban J connectivity index is 5.49. The molecule has 578 valence electrons. The molecule has 19 heteroatoms. The van der Waals surface area contributed by atoms with Crippen molar-refractivity contribution in [3.63, 3.8) is 0 Å². The summed E-state index contributed by atoms with van der Waals surface area (Å²) in [7, 11) is -10.0. The fourth-order valence-electron chi connectivity index (χ4n) is 9.49. The van der Waals surface area contributed by atoms with Gasteiger partial charge in [-0.3, -0.25) is 37.3 Å². The molecule has 0 heterocycles. The molecule has 0 saturated carbocycles. The van der Waals surface area contributed by atoms with Crippen LogP contribution in [0.2, 0.25) is 0 Å². The highest BCUT2D eigenvalue weighted by molar-refractivity contribution is 7.47. The zero-order valence-electron chi connectivity index (χ0n) is 63.0. The summed E-state index contributed by atoms with van der Waals surface area (Å²) < 4.78 is 68.3. The van der Waals surface area contributed by atoms with Crippen molar-refractivity contribution in [2.45, 2.75) is 290 Å². The van der Waals surface area contributed by atoms with Gasteiger partial charge in [-0.2, -0.15) is 0 Å². The molecule has 0 fully saturated rings. The zero-order valence-corrected chi connectivity index (χ0v) is 64.8. The van der Waals surface area contributed by atoms with E-state index in [2.05, 4.69) is 174 Å². The number of phosphoric ester groups is 2. The second kappa shape index (κ2) is 73.7. The summed E-state index contributed by atoms with van der Waals surface area (Å²) >= 11 is 0. The number of aliphatic hydroxyl groups excluding tert-OH is 1. The largest absolute Gasteiger partial charge is 0.472 e. The smallest absolute Gasteiger partial charge is 0.462 e. The van der Waals surface area contributed by atoms with Gasteiger partial charge in [-0.05, 0) is 135 Å². The van der Waals surface area contributed by atoms with E-state index < -0.39 is 97.5 Å². The van der Waals surface area contributed by atoms with E-state index in [-0.39, 0.29) is 25.7 Å². The summed E-state index contributed by atoms with van der Waals surface area (Å²) in [5.74, 6) is -2.42. The van der Waals surface area contributed by atoms with E-state index in [1.165, 1.54) is 51.4 Å². The van der Waals surface area contributed by atoms with Crippen molar-refractivity contribution >= 4 is 39.5 Å². The minimum absolute atomic E-state index is 0.0268. The number of hydrogen-bond donors (Lipinski definition) is 3. The molecule has 0 spiro atoms. The fourth-order valence-corrected chi connectivity index (χ4v) is 11.1.